The molecule has 9 nitrogen and oxygen atoms in total. The van der Waals surface area contributed by atoms with Crippen LogP contribution in [0.1, 0.15) is 52.0 Å². The van der Waals surface area contributed by atoms with E-state index in [1.165, 1.54) is 22.7 Å². The van der Waals surface area contributed by atoms with Crippen molar-refractivity contribution in [1.29, 1.82) is 0 Å². The first-order valence-corrected chi connectivity index (χ1v) is 15.5. The number of amides is 3. The molecule has 0 bridgehead atoms. The number of nitrogens with zero attached hydrogens (tertiary/aromatic N) is 1. The number of aliphatic hydroxyl groups is 1. The van der Waals surface area contributed by atoms with Crippen molar-refractivity contribution in [3.05, 3.63) is 94.0 Å². The molecule has 0 spiro atoms. The molecule has 1 aliphatic rings. The largest absolute Gasteiger partial charge is 0.508 e. The highest BCUT2D eigenvalue weighted by atomic mass is 32.2. The van der Waals surface area contributed by atoms with Gasteiger partial charge < -0.3 is 30.5 Å². The van der Waals surface area contributed by atoms with Gasteiger partial charge in [-0.05, 0) is 87.6 Å². The van der Waals surface area contributed by atoms with Gasteiger partial charge in [-0.1, -0.05) is 36.4 Å². The van der Waals surface area contributed by atoms with Crippen molar-refractivity contribution in [3.8, 4) is 11.5 Å². The van der Waals surface area contributed by atoms with Crippen LogP contribution in [0.5, 0.6) is 11.5 Å². The third-order valence-electron chi connectivity index (χ3n) is 8.28. The van der Waals surface area contributed by atoms with E-state index in [2.05, 4.69) is 10.6 Å². The number of benzene rings is 3. The van der Waals surface area contributed by atoms with E-state index >= 15 is 0 Å². The summed E-state index contributed by atoms with van der Waals surface area (Å²) >= 11 is 1.46. The molecular weight excluding hydrogens is 578 g/mol. The fourth-order valence-corrected chi connectivity index (χ4v) is 6.67. The number of ether oxygens (including phenoxy) is 1. The first-order valence-electron chi connectivity index (χ1n) is 14.5. The summed E-state index contributed by atoms with van der Waals surface area (Å²) in [5.74, 6) is -0.683. The molecule has 1 aliphatic heterocycles. The van der Waals surface area contributed by atoms with Crippen molar-refractivity contribution >= 4 is 29.5 Å². The monoisotopic (exact) mass is 619 g/mol. The van der Waals surface area contributed by atoms with E-state index in [1.54, 1.807) is 50.4 Å². The number of hydrogen-bond acceptors (Lipinski definition) is 7. The van der Waals surface area contributed by atoms with Gasteiger partial charge >= 0.3 is 0 Å². The zero-order chi connectivity index (χ0) is 32.2. The normalized spacial score (nSPS) is 17.1. The summed E-state index contributed by atoms with van der Waals surface area (Å²) in [6.45, 7) is 9.73. The lowest BCUT2D eigenvalue weighted by molar-refractivity contribution is -0.147. The second-order valence-electron chi connectivity index (χ2n) is 11.7. The molecule has 4 N–H and O–H groups in total. The minimum atomic E-state index is -1.65. The van der Waals surface area contributed by atoms with E-state index in [-0.39, 0.29) is 29.5 Å². The number of hydrogen-bond donors (Lipinski definition) is 4. The number of methoxy groups -OCH3 is 1. The summed E-state index contributed by atoms with van der Waals surface area (Å²) in [4.78, 5) is 42.4. The van der Waals surface area contributed by atoms with Crippen LogP contribution >= 0.6 is 11.8 Å². The van der Waals surface area contributed by atoms with E-state index in [4.69, 9.17) is 4.74 Å². The highest BCUT2D eigenvalue weighted by molar-refractivity contribution is 8.00. The molecule has 0 aromatic heterocycles. The molecule has 234 valence electrons. The fraction of sp³-hybridized carbons (Fsp3) is 0.382. The molecule has 1 saturated heterocycles. The Balaban J connectivity index is 1.58. The first kappa shape index (κ1) is 32.9. The molecule has 1 unspecified atom stereocenters. The topological polar surface area (TPSA) is 128 Å². The number of carbonyl (C=O) groups excluding carboxylic acids is 3. The van der Waals surface area contributed by atoms with E-state index in [1.807, 2.05) is 45.9 Å². The fourth-order valence-electron chi connectivity index (χ4n) is 5.53. The molecule has 0 aliphatic carbocycles. The SMILES string of the molecule is COc1ccc(C[C@H](NC(=O)c2cccc(O)c2C)[C@H](O)C(=O)N2CSC(C)(C)C2C(=O)NCc2c(C)cccc2C)cc1. The molecule has 3 aromatic rings. The Morgan fingerprint density at radius 3 is 2.30 bits per heavy atom. The van der Waals surface area contributed by atoms with Crippen molar-refractivity contribution in [2.75, 3.05) is 13.0 Å². The number of aliphatic hydroxyl groups excluding tert-OH is 1. The van der Waals surface area contributed by atoms with E-state index in [9.17, 15) is 24.6 Å². The zero-order valence-corrected chi connectivity index (χ0v) is 26.8. The number of rotatable bonds is 10. The number of phenols is 1. The molecule has 3 aromatic carbocycles. The molecule has 44 heavy (non-hydrogen) atoms. The molecule has 10 heteroatoms. The number of nitrogens with one attached hydrogen (secondary N) is 2. The molecule has 1 fully saturated rings. The Morgan fingerprint density at radius 1 is 1.02 bits per heavy atom. The van der Waals surface area contributed by atoms with Crippen molar-refractivity contribution in [2.45, 2.75) is 70.5 Å². The summed E-state index contributed by atoms with van der Waals surface area (Å²) in [6, 6.07) is 15.8. The standard InChI is InChI=1S/C34H41N3O6S/c1-20-9-7-10-21(2)26(20)18-35-32(41)30-34(4,5)44-19-37(30)33(42)29(39)27(17-23-13-15-24(43-6)16-14-23)36-31(40)25-11-8-12-28(38)22(25)3/h7-16,27,29-30,38-39H,17-19H2,1-6H3,(H,35,41)(H,36,40)/t27-,29-,30?/m0/s1. The van der Waals surface area contributed by atoms with Crippen LogP contribution in [0.15, 0.2) is 60.7 Å². The highest BCUT2D eigenvalue weighted by Gasteiger charge is 2.49. The Bertz CT molecular complexity index is 1500. The Hall–Kier alpha value is -4.02. The van der Waals surface area contributed by atoms with Gasteiger partial charge in [0.25, 0.3) is 11.8 Å². The Morgan fingerprint density at radius 2 is 1.66 bits per heavy atom. The van der Waals surface area contributed by atoms with Crippen LogP contribution < -0.4 is 15.4 Å². The van der Waals surface area contributed by atoms with E-state index < -0.39 is 34.7 Å². The quantitative estimate of drug-likeness (QED) is 0.270. The zero-order valence-electron chi connectivity index (χ0n) is 26.0. The minimum Gasteiger partial charge on any atom is -0.508 e. The van der Waals surface area contributed by atoms with Gasteiger partial charge in [-0.3, -0.25) is 14.4 Å². The predicted octanol–water partition coefficient (Wildman–Crippen LogP) is 4.02. The van der Waals surface area contributed by atoms with Gasteiger partial charge in [0.2, 0.25) is 5.91 Å². The highest BCUT2D eigenvalue weighted by Crippen LogP contribution is 2.40. The van der Waals surface area contributed by atoms with Crippen LogP contribution in [-0.4, -0.2) is 68.8 Å². The molecule has 0 saturated carbocycles. The predicted molar refractivity (Wildman–Crippen MR) is 172 cm³/mol. The average molecular weight is 620 g/mol. The van der Waals surface area contributed by atoms with Crippen LogP contribution in [0, 0.1) is 20.8 Å². The number of carbonyl (C=O) groups is 3. The number of aryl methyl sites for hydroxylation is 2. The van der Waals surface area contributed by atoms with Crippen molar-refractivity contribution in [2.24, 2.45) is 0 Å². The molecular formula is C34H41N3O6S. The van der Waals surface area contributed by atoms with E-state index in [0.29, 0.717) is 17.9 Å². The number of phenolic OH excluding ortho intramolecular Hbond substituents is 1. The summed E-state index contributed by atoms with van der Waals surface area (Å²) in [7, 11) is 1.56. The van der Waals surface area contributed by atoms with Crippen LogP contribution in [0.4, 0.5) is 0 Å². The third-order valence-corrected chi connectivity index (χ3v) is 9.65. The summed E-state index contributed by atoms with van der Waals surface area (Å²) in [5, 5.41) is 27.5. The lowest BCUT2D eigenvalue weighted by Gasteiger charge is -2.33. The maximum absolute atomic E-state index is 14.0. The maximum atomic E-state index is 14.0. The Kier molecular flexibility index (Phi) is 10.3. The van der Waals surface area contributed by atoms with E-state index in [0.717, 1.165) is 22.3 Å². The number of aromatic hydroxyl groups is 1. The van der Waals surface area contributed by atoms with Crippen molar-refractivity contribution in [1.82, 2.24) is 15.5 Å². The van der Waals surface area contributed by atoms with Crippen molar-refractivity contribution in [3.63, 3.8) is 0 Å². The van der Waals surface area contributed by atoms with Crippen LogP contribution in [0.2, 0.25) is 0 Å². The Labute approximate surface area is 263 Å². The van der Waals surface area contributed by atoms with Crippen LogP contribution in [0.25, 0.3) is 0 Å². The molecule has 1 heterocycles. The minimum absolute atomic E-state index is 0.0351. The smallest absolute Gasteiger partial charge is 0.254 e. The van der Waals surface area contributed by atoms with Crippen molar-refractivity contribution < 1.29 is 29.3 Å². The van der Waals surface area contributed by atoms with Crippen LogP contribution in [0.3, 0.4) is 0 Å². The second kappa shape index (κ2) is 13.7. The van der Waals surface area contributed by atoms with Crippen LogP contribution in [-0.2, 0) is 22.6 Å². The lowest BCUT2D eigenvalue weighted by atomic mass is 9.96. The first-order chi connectivity index (χ1) is 20.8. The van der Waals surface area contributed by atoms with Gasteiger partial charge in [0.15, 0.2) is 6.10 Å². The molecule has 3 amide bonds. The molecule has 3 atom stereocenters. The van der Waals surface area contributed by atoms with Gasteiger partial charge in [-0.25, -0.2) is 0 Å². The molecule has 0 radical (unpaired) electrons. The maximum Gasteiger partial charge on any atom is 0.254 e. The van der Waals surface area contributed by atoms with Gasteiger partial charge in [0, 0.05) is 22.4 Å². The van der Waals surface area contributed by atoms with Gasteiger partial charge in [0.05, 0.1) is 19.0 Å². The van der Waals surface area contributed by atoms with Gasteiger partial charge in [-0.15, -0.1) is 11.8 Å². The number of thioether (sulfide) groups is 1. The summed E-state index contributed by atoms with van der Waals surface area (Å²) < 4.78 is 4.63. The third kappa shape index (κ3) is 7.19. The average Bonchev–Trinajstić information content (AvgIpc) is 3.32. The molecule has 4 rings (SSSR count). The van der Waals surface area contributed by atoms with Gasteiger partial charge in [-0.2, -0.15) is 0 Å². The lowest BCUT2D eigenvalue weighted by Crippen LogP contribution is -2.58. The summed E-state index contributed by atoms with van der Waals surface area (Å²) in [5.41, 5.74) is 4.51. The van der Waals surface area contributed by atoms with Gasteiger partial charge in [0.1, 0.15) is 17.5 Å². The summed E-state index contributed by atoms with van der Waals surface area (Å²) in [6.07, 6.45) is -1.52. The second-order valence-corrected chi connectivity index (χ2v) is 13.3.